The Hall–Kier alpha value is -2.57. The van der Waals surface area contributed by atoms with Gasteiger partial charge in [-0.15, -0.1) is 0 Å². The largest absolute Gasteiger partial charge is 0.464 e. The van der Waals surface area contributed by atoms with E-state index in [0.29, 0.717) is 24.9 Å². The zero-order valence-corrected chi connectivity index (χ0v) is 12.6. The molecule has 0 saturated carbocycles. The second kappa shape index (κ2) is 9.38. The predicted molar refractivity (Wildman–Crippen MR) is 83.5 cm³/mol. The van der Waals surface area contributed by atoms with Gasteiger partial charge in [0.05, 0.1) is 6.61 Å². The van der Waals surface area contributed by atoms with Crippen molar-refractivity contribution < 1.29 is 14.3 Å². The first-order chi connectivity index (χ1) is 10.5. The summed E-state index contributed by atoms with van der Waals surface area (Å²) >= 11 is 0. The lowest BCUT2D eigenvalue weighted by Gasteiger charge is -2.17. The molecule has 7 heteroatoms. The van der Waals surface area contributed by atoms with E-state index in [2.05, 4.69) is 10.6 Å². The van der Waals surface area contributed by atoms with Crippen molar-refractivity contribution in [2.24, 2.45) is 5.73 Å². The van der Waals surface area contributed by atoms with E-state index in [-0.39, 0.29) is 18.5 Å². The Bertz CT molecular complexity index is 505. The van der Waals surface area contributed by atoms with Crippen LogP contribution in [0.1, 0.15) is 30.1 Å². The molecule has 0 saturated heterocycles. The summed E-state index contributed by atoms with van der Waals surface area (Å²) in [7, 11) is 0. The van der Waals surface area contributed by atoms with Gasteiger partial charge in [0.15, 0.2) is 5.96 Å². The fourth-order valence-corrected chi connectivity index (χ4v) is 1.85. The van der Waals surface area contributed by atoms with E-state index in [1.54, 1.807) is 31.2 Å². The van der Waals surface area contributed by atoms with Crippen LogP contribution in [0.15, 0.2) is 30.3 Å². The molecule has 1 amide bonds. The summed E-state index contributed by atoms with van der Waals surface area (Å²) in [6.45, 7) is 2.42. The standard InChI is InChI=1S/C15H22N4O3/c1-2-22-14(21)12(9-6-10-18-15(16)17)19-13(20)11-7-4-3-5-8-11/h3-5,7-8,12H,2,6,9-10H2,1H3,(H,19,20)(H4,16,17,18). The quantitative estimate of drug-likeness (QED) is 0.243. The van der Waals surface area contributed by atoms with Gasteiger partial charge in [-0.2, -0.15) is 0 Å². The molecule has 0 aromatic heterocycles. The van der Waals surface area contributed by atoms with E-state index in [1.807, 2.05) is 6.07 Å². The first kappa shape index (κ1) is 17.5. The number of esters is 1. The van der Waals surface area contributed by atoms with Crippen LogP contribution in [-0.2, 0) is 9.53 Å². The number of benzene rings is 1. The summed E-state index contributed by atoms with van der Waals surface area (Å²) in [4.78, 5) is 24.0. The maximum atomic E-state index is 12.1. The Morgan fingerprint density at radius 3 is 2.59 bits per heavy atom. The second-order valence-electron chi connectivity index (χ2n) is 4.63. The predicted octanol–water partition coefficient (Wildman–Crippen LogP) is 0.611. The average Bonchev–Trinajstić information content (AvgIpc) is 2.51. The average molecular weight is 306 g/mol. The molecule has 5 N–H and O–H groups in total. The van der Waals surface area contributed by atoms with Crippen molar-refractivity contribution >= 4 is 17.8 Å². The first-order valence-corrected chi connectivity index (χ1v) is 7.15. The SMILES string of the molecule is CCOC(=O)C(CCCNC(=N)N)NC(=O)c1ccccc1. The normalized spacial score (nSPS) is 11.3. The number of carbonyl (C=O) groups is 2. The van der Waals surface area contributed by atoms with E-state index in [4.69, 9.17) is 15.9 Å². The minimum atomic E-state index is -0.721. The number of amides is 1. The zero-order chi connectivity index (χ0) is 16.4. The Morgan fingerprint density at radius 2 is 2.00 bits per heavy atom. The molecule has 1 atom stereocenters. The third-order valence-corrected chi connectivity index (χ3v) is 2.90. The maximum absolute atomic E-state index is 12.1. The highest BCUT2D eigenvalue weighted by molar-refractivity contribution is 5.96. The molecule has 0 bridgehead atoms. The highest BCUT2D eigenvalue weighted by Crippen LogP contribution is 2.04. The van der Waals surface area contributed by atoms with E-state index >= 15 is 0 Å². The Morgan fingerprint density at radius 1 is 1.32 bits per heavy atom. The number of nitrogens with two attached hydrogens (primary N) is 1. The van der Waals surface area contributed by atoms with Gasteiger partial charge in [-0.1, -0.05) is 18.2 Å². The third-order valence-electron chi connectivity index (χ3n) is 2.90. The number of guanidine groups is 1. The summed E-state index contributed by atoms with van der Waals surface area (Å²) in [5.74, 6) is -0.909. The van der Waals surface area contributed by atoms with Crippen molar-refractivity contribution in [3.05, 3.63) is 35.9 Å². The van der Waals surface area contributed by atoms with Crippen LogP contribution in [0.4, 0.5) is 0 Å². The summed E-state index contributed by atoms with van der Waals surface area (Å²) in [5, 5.41) is 12.4. The highest BCUT2D eigenvalue weighted by atomic mass is 16.5. The summed E-state index contributed by atoms with van der Waals surface area (Å²) < 4.78 is 4.98. The van der Waals surface area contributed by atoms with E-state index in [1.165, 1.54) is 0 Å². The lowest BCUT2D eigenvalue weighted by molar-refractivity contribution is -0.145. The minimum Gasteiger partial charge on any atom is -0.464 e. The monoisotopic (exact) mass is 306 g/mol. The molecule has 120 valence electrons. The summed E-state index contributed by atoms with van der Waals surface area (Å²) in [6, 6.07) is 7.95. The van der Waals surface area contributed by atoms with Crippen LogP contribution in [0.5, 0.6) is 0 Å². The lowest BCUT2D eigenvalue weighted by Crippen LogP contribution is -2.42. The van der Waals surface area contributed by atoms with Crippen LogP contribution in [0.25, 0.3) is 0 Å². The number of rotatable bonds is 8. The van der Waals surface area contributed by atoms with Gasteiger partial charge in [-0.05, 0) is 31.9 Å². The van der Waals surface area contributed by atoms with Crippen molar-refractivity contribution in [2.45, 2.75) is 25.8 Å². The van der Waals surface area contributed by atoms with Crippen LogP contribution in [0.2, 0.25) is 0 Å². The van der Waals surface area contributed by atoms with Gasteiger partial charge in [0, 0.05) is 12.1 Å². The molecule has 0 aliphatic heterocycles. The number of hydrogen-bond donors (Lipinski definition) is 4. The molecule has 0 aliphatic carbocycles. The molecule has 0 heterocycles. The van der Waals surface area contributed by atoms with Gasteiger partial charge < -0.3 is 21.1 Å². The van der Waals surface area contributed by atoms with E-state index in [9.17, 15) is 9.59 Å². The fourth-order valence-electron chi connectivity index (χ4n) is 1.85. The molecule has 0 radical (unpaired) electrons. The second-order valence-corrected chi connectivity index (χ2v) is 4.63. The van der Waals surface area contributed by atoms with Crippen molar-refractivity contribution in [3.63, 3.8) is 0 Å². The molecule has 0 aliphatic rings. The van der Waals surface area contributed by atoms with Gasteiger partial charge in [0.25, 0.3) is 5.91 Å². The van der Waals surface area contributed by atoms with Crippen molar-refractivity contribution in [2.75, 3.05) is 13.2 Å². The Kier molecular flexibility index (Phi) is 7.45. The molecule has 0 fully saturated rings. The topological polar surface area (TPSA) is 117 Å². The fraction of sp³-hybridized carbons (Fsp3) is 0.400. The van der Waals surface area contributed by atoms with Gasteiger partial charge in [-0.3, -0.25) is 10.2 Å². The van der Waals surface area contributed by atoms with E-state index < -0.39 is 12.0 Å². The molecular formula is C15H22N4O3. The lowest BCUT2D eigenvalue weighted by atomic mass is 10.1. The third kappa shape index (κ3) is 6.25. The van der Waals surface area contributed by atoms with Crippen LogP contribution >= 0.6 is 0 Å². The summed E-state index contributed by atoms with van der Waals surface area (Å²) in [6.07, 6.45) is 0.968. The van der Waals surface area contributed by atoms with Gasteiger partial charge >= 0.3 is 5.97 Å². The number of hydrogen-bond acceptors (Lipinski definition) is 4. The molecule has 0 spiro atoms. The number of nitrogens with one attached hydrogen (secondary N) is 3. The number of carbonyl (C=O) groups excluding carboxylic acids is 2. The van der Waals surface area contributed by atoms with E-state index in [0.717, 1.165) is 0 Å². The van der Waals surface area contributed by atoms with Crippen LogP contribution in [0.3, 0.4) is 0 Å². The van der Waals surface area contributed by atoms with Crippen molar-refractivity contribution in [3.8, 4) is 0 Å². The van der Waals surface area contributed by atoms with Crippen LogP contribution in [-0.4, -0.2) is 37.0 Å². The van der Waals surface area contributed by atoms with Gasteiger partial charge in [0.2, 0.25) is 0 Å². The molecule has 1 aromatic rings. The minimum absolute atomic E-state index is 0.124. The van der Waals surface area contributed by atoms with Crippen molar-refractivity contribution in [1.82, 2.24) is 10.6 Å². The molecule has 1 rings (SSSR count). The highest BCUT2D eigenvalue weighted by Gasteiger charge is 2.22. The van der Waals surface area contributed by atoms with Gasteiger partial charge in [0.1, 0.15) is 6.04 Å². The maximum Gasteiger partial charge on any atom is 0.328 e. The van der Waals surface area contributed by atoms with Crippen molar-refractivity contribution in [1.29, 1.82) is 5.41 Å². The van der Waals surface area contributed by atoms with Gasteiger partial charge in [-0.25, -0.2) is 4.79 Å². The summed E-state index contributed by atoms with van der Waals surface area (Å²) in [5.41, 5.74) is 5.67. The zero-order valence-electron chi connectivity index (χ0n) is 12.6. The van der Waals surface area contributed by atoms with Crippen LogP contribution < -0.4 is 16.4 Å². The number of ether oxygens (including phenoxy) is 1. The Labute approximate surface area is 129 Å². The molecule has 7 nitrogen and oxygen atoms in total. The molecule has 1 aromatic carbocycles. The smallest absolute Gasteiger partial charge is 0.328 e. The molecule has 1 unspecified atom stereocenters. The molecule has 22 heavy (non-hydrogen) atoms. The first-order valence-electron chi connectivity index (χ1n) is 7.15. The van der Waals surface area contributed by atoms with Crippen LogP contribution in [0, 0.1) is 5.41 Å². The Balaban J connectivity index is 2.59. The molecular weight excluding hydrogens is 284 g/mol.